The first-order valence-corrected chi connectivity index (χ1v) is 5.93. The number of nitrogen functional groups attached to an aromatic ring is 1. The second-order valence-electron chi connectivity index (χ2n) is 5.11. The van der Waals surface area contributed by atoms with E-state index in [0.717, 1.165) is 0 Å². The number of nitrogens with zero attached hydrogens (tertiary/aromatic N) is 1. The molecule has 1 rings (SSSR count). The fourth-order valence-electron chi connectivity index (χ4n) is 1.51. The Kier molecular flexibility index (Phi) is 4.99. The SMILES string of the molecule is CN(Cc1cc(C(=O)NN)ccc1F)C(C)(C)CO. The van der Waals surface area contributed by atoms with Gasteiger partial charge in [-0.3, -0.25) is 15.1 Å². The summed E-state index contributed by atoms with van der Waals surface area (Å²) < 4.78 is 13.7. The first-order valence-electron chi connectivity index (χ1n) is 5.93. The zero-order chi connectivity index (χ0) is 14.6. The number of halogens is 1. The lowest BCUT2D eigenvalue weighted by atomic mass is 10.0. The molecule has 0 saturated carbocycles. The minimum absolute atomic E-state index is 0.0475. The number of carbonyl (C=O) groups is 1. The third-order valence-electron chi connectivity index (χ3n) is 3.27. The minimum Gasteiger partial charge on any atom is -0.394 e. The molecule has 1 aromatic carbocycles. The van der Waals surface area contributed by atoms with Crippen LogP contribution in [-0.4, -0.2) is 35.1 Å². The zero-order valence-corrected chi connectivity index (χ0v) is 11.4. The van der Waals surface area contributed by atoms with Crippen LogP contribution < -0.4 is 11.3 Å². The summed E-state index contributed by atoms with van der Waals surface area (Å²) in [7, 11) is 1.78. The van der Waals surface area contributed by atoms with Crippen molar-refractivity contribution in [2.24, 2.45) is 5.84 Å². The standard InChI is InChI=1S/C13H20FN3O2/c1-13(2,8-18)17(3)7-10-6-9(12(19)16-15)4-5-11(10)14/h4-6,18H,7-8,15H2,1-3H3,(H,16,19). The van der Waals surface area contributed by atoms with Gasteiger partial charge in [-0.1, -0.05) is 0 Å². The molecule has 0 atom stereocenters. The van der Waals surface area contributed by atoms with Crippen LogP contribution in [0.2, 0.25) is 0 Å². The molecule has 1 aromatic rings. The number of likely N-dealkylation sites (N-methyl/N-ethyl adjacent to an activating group) is 1. The van der Waals surface area contributed by atoms with Crippen LogP contribution in [0.1, 0.15) is 29.8 Å². The molecule has 0 saturated heterocycles. The van der Waals surface area contributed by atoms with E-state index in [1.54, 1.807) is 7.05 Å². The molecule has 0 aliphatic carbocycles. The Balaban J connectivity index is 2.97. The molecular formula is C13H20FN3O2. The molecule has 0 aliphatic heterocycles. The van der Waals surface area contributed by atoms with Crippen molar-refractivity contribution < 1.29 is 14.3 Å². The summed E-state index contributed by atoms with van der Waals surface area (Å²) in [6.07, 6.45) is 0. The van der Waals surface area contributed by atoms with E-state index >= 15 is 0 Å². The third kappa shape index (κ3) is 3.73. The number of benzene rings is 1. The molecule has 106 valence electrons. The van der Waals surface area contributed by atoms with Gasteiger partial charge in [0, 0.05) is 23.2 Å². The summed E-state index contributed by atoms with van der Waals surface area (Å²) in [5.41, 5.74) is 2.21. The summed E-state index contributed by atoms with van der Waals surface area (Å²) in [6, 6.07) is 4.07. The zero-order valence-electron chi connectivity index (χ0n) is 11.4. The highest BCUT2D eigenvalue weighted by atomic mass is 19.1. The predicted octanol–water partition coefficient (Wildman–Crippen LogP) is 0.632. The van der Waals surface area contributed by atoms with Gasteiger partial charge in [0.1, 0.15) is 5.82 Å². The molecule has 0 radical (unpaired) electrons. The summed E-state index contributed by atoms with van der Waals surface area (Å²) >= 11 is 0. The topological polar surface area (TPSA) is 78.6 Å². The summed E-state index contributed by atoms with van der Waals surface area (Å²) in [4.78, 5) is 13.2. The highest BCUT2D eigenvalue weighted by Crippen LogP contribution is 2.18. The van der Waals surface area contributed by atoms with Crippen LogP contribution in [-0.2, 0) is 6.54 Å². The quantitative estimate of drug-likeness (QED) is 0.416. The number of aliphatic hydroxyl groups is 1. The molecule has 4 N–H and O–H groups in total. The van der Waals surface area contributed by atoms with E-state index in [4.69, 9.17) is 5.84 Å². The number of carbonyl (C=O) groups excluding carboxylic acids is 1. The van der Waals surface area contributed by atoms with Crippen LogP contribution in [0.3, 0.4) is 0 Å². The van der Waals surface area contributed by atoms with E-state index in [1.807, 2.05) is 24.2 Å². The normalized spacial score (nSPS) is 11.7. The van der Waals surface area contributed by atoms with Gasteiger partial charge in [0.2, 0.25) is 0 Å². The minimum atomic E-state index is -0.474. The third-order valence-corrected chi connectivity index (χ3v) is 3.27. The Labute approximate surface area is 112 Å². The Hall–Kier alpha value is -1.50. The molecule has 19 heavy (non-hydrogen) atoms. The second-order valence-corrected chi connectivity index (χ2v) is 5.11. The van der Waals surface area contributed by atoms with Crippen molar-refractivity contribution in [3.63, 3.8) is 0 Å². The van der Waals surface area contributed by atoms with Crippen molar-refractivity contribution in [2.45, 2.75) is 25.9 Å². The monoisotopic (exact) mass is 269 g/mol. The van der Waals surface area contributed by atoms with Gasteiger partial charge >= 0.3 is 0 Å². The highest BCUT2D eigenvalue weighted by molar-refractivity contribution is 5.93. The Morgan fingerprint density at radius 1 is 1.53 bits per heavy atom. The van der Waals surface area contributed by atoms with Gasteiger partial charge in [0.05, 0.1) is 6.61 Å². The van der Waals surface area contributed by atoms with Crippen LogP contribution in [0.5, 0.6) is 0 Å². The van der Waals surface area contributed by atoms with E-state index in [2.05, 4.69) is 0 Å². The molecule has 0 unspecified atom stereocenters. The first-order chi connectivity index (χ1) is 8.81. The van der Waals surface area contributed by atoms with Crippen LogP contribution >= 0.6 is 0 Å². The number of nitrogens with two attached hydrogens (primary N) is 1. The van der Waals surface area contributed by atoms with Crippen LogP contribution in [0.4, 0.5) is 4.39 Å². The lowest BCUT2D eigenvalue weighted by molar-refractivity contribution is 0.0725. The predicted molar refractivity (Wildman–Crippen MR) is 70.7 cm³/mol. The number of hydrogen-bond acceptors (Lipinski definition) is 4. The Morgan fingerprint density at radius 2 is 2.16 bits per heavy atom. The first kappa shape index (κ1) is 15.6. The maximum Gasteiger partial charge on any atom is 0.265 e. The van der Waals surface area contributed by atoms with Gasteiger partial charge in [0.25, 0.3) is 5.91 Å². The van der Waals surface area contributed by atoms with Crippen molar-refractivity contribution in [1.29, 1.82) is 0 Å². The van der Waals surface area contributed by atoms with Crippen LogP contribution in [0.25, 0.3) is 0 Å². The molecule has 0 spiro atoms. The van der Waals surface area contributed by atoms with Crippen molar-refractivity contribution in [2.75, 3.05) is 13.7 Å². The molecule has 0 aliphatic rings. The average molecular weight is 269 g/mol. The number of aliphatic hydroxyl groups excluding tert-OH is 1. The number of hydrogen-bond donors (Lipinski definition) is 3. The molecule has 6 heteroatoms. The maximum atomic E-state index is 13.7. The Morgan fingerprint density at radius 3 is 2.68 bits per heavy atom. The molecule has 0 fully saturated rings. The highest BCUT2D eigenvalue weighted by Gasteiger charge is 2.23. The number of hydrazine groups is 1. The summed E-state index contributed by atoms with van der Waals surface area (Å²) in [5.74, 6) is 4.19. The Bertz CT molecular complexity index is 463. The van der Waals surface area contributed by atoms with Crippen molar-refractivity contribution in [1.82, 2.24) is 10.3 Å². The number of amides is 1. The van der Waals surface area contributed by atoms with Crippen molar-refractivity contribution in [3.8, 4) is 0 Å². The average Bonchev–Trinajstić information content (AvgIpc) is 2.40. The van der Waals surface area contributed by atoms with E-state index in [9.17, 15) is 14.3 Å². The van der Waals surface area contributed by atoms with Gasteiger partial charge in [-0.15, -0.1) is 0 Å². The molecule has 5 nitrogen and oxygen atoms in total. The molecule has 0 bridgehead atoms. The lowest BCUT2D eigenvalue weighted by Crippen LogP contribution is -2.43. The van der Waals surface area contributed by atoms with E-state index in [-0.39, 0.29) is 13.2 Å². The fraction of sp³-hybridized carbons (Fsp3) is 0.462. The molecular weight excluding hydrogens is 249 g/mol. The van der Waals surface area contributed by atoms with Crippen LogP contribution in [0.15, 0.2) is 18.2 Å². The van der Waals surface area contributed by atoms with Gasteiger partial charge in [-0.2, -0.15) is 0 Å². The van der Waals surface area contributed by atoms with Gasteiger partial charge in [0.15, 0.2) is 0 Å². The summed E-state index contributed by atoms with van der Waals surface area (Å²) in [5, 5.41) is 9.28. The summed E-state index contributed by atoms with van der Waals surface area (Å²) in [6.45, 7) is 3.93. The second kappa shape index (κ2) is 6.10. The molecule has 0 aromatic heterocycles. The maximum absolute atomic E-state index is 13.7. The van der Waals surface area contributed by atoms with Crippen molar-refractivity contribution >= 4 is 5.91 Å². The number of rotatable bonds is 5. The fourth-order valence-corrected chi connectivity index (χ4v) is 1.51. The smallest absolute Gasteiger partial charge is 0.265 e. The van der Waals surface area contributed by atoms with Crippen molar-refractivity contribution in [3.05, 3.63) is 35.1 Å². The number of nitrogens with one attached hydrogen (secondary N) is 1. The van der Waals surface area contributed by atoms with Gasteiger partial charge < -0.3 is 5.11 Å². The van der Waals surface area contributed by atoms with Gasteiger partial charge in [-0.25, -0.2) is 10.2 Å². The largest absolute Gasteiger partial charge is 0.394 e. The van der Waals surface area contributed by atoms with Crippen LogP contribution in [0, 0.1) is 5.82 Å². The van der Waals surface area contributed by atoms with E-state index < -0.39 is 17.3 Å². The molecule has 1 amide bonds. The lowest BCUT2D eigenvalue weighted by Gasteiger charge is -2.34. The van der Waals surface area contributed by atoms with Gasteiger partial charge in [-0.05, 0) is 39.1 Å². The molecule has 0 heterocycles. The van der Waals surface area contributed by atoms with E-state index in [0.29, 0.717) is 11.1 Å². The van der Waals surface area contributed by atoms with E-state index in [1.165, 1.54) is 18.2 Å².